The number of nitrogens with zero attached hydrogens (tertiary/aromatic N) is 3. The second-order valence-electron chi connectivity index (χ2n) is 6.98. The standard InChI is InChI=1S/C19H18ClN3O3S/c1-19(2,3)13-9-7-12(8-10-13)17-21-22-18(26-17)27-11-14-15(20)5-4-6-16(14)23(24)25/h4-10H,11H2,1-3H3. The molecule has 3 aromatic rings. The van der Waals surface area contributed by atoms with Crippen LogP contribution in [0.1, 0.15) is 31.9 Å². The van der Waals surface area contributed by atoms with Crippen LogP contribution in [0.25, 0.3) is 11.5 Å². The Morgan fingerprint density at radius 3 is 2.48 bits per heavy atom. The number of hydrogen-bond acceptors (Lipinski definition) is 6. The number of halogens is 1. The van der Waals surface area contributed by atoms with Gasteiger partial charge in [0.1, 0.15) is 0 Å². The number of rotatable bonds is 5. The molecule has 0 aliphatic heterocycles. The van der Waals surface area contributed by atoms with Gasteiger partial charge in [0, 0.05) is 17.4 Å². The first-order valence-electron chi connectivity index (χ1n) is 8.24. The molecule has 0 N–H and O–H groups in total. The predicted octanol–water partition coefficient (Wildman–Crippen LogP) is 5.89. The van der Waals surface area contributed by atoms with Crippen LogP contribution in [0.5, 0.6) is 0 Å². The first kappa shape index (κ1) is 19.4. The maximum Gasteiger partial charge on any atom is 0.277 e. The van der Waals surface area contributed by atoms with Crippen molar-refractivity contribution in [3.8, 4) is 11.5 Å². The van der Waals surface area contributed by atoms with E-state index in [1.165, 1.54) is 23.4 Å². The first-order chi connectivity index (χ1) is 12.8. The molecule has 0 saturated carbocycles. The van der Waals surface area contributed by atoms with Crippen molar-refractivity contribution in [2.75, 3.05) is 0 Å². The summed E-state index contributed by atoms with van der Waals surface area (Å²) in [5.41, 5.74) is 2.52. The molecule has 0 bridgehead atoms. The minimum Gasteiger partial charge on any atom is -0.411 e. The lowest BCUT2D eigenvalue weighted by atomic mass is 9.87. The maximum atomic E-state index is 11.2. The van der Waals surface area contributed by atoms with Crippen molar-refractivity contribution < 1.29 is 9.34 Å². The predicted molar refractivity (Wildman–Crippen MR) is 106 cm³/mol. The quantitative estimate of drug-likeness (QED) is 0.300. The van der Waals surface area contributed by atoms with Gasteiger partial charge in [-0.05, 0) is 29.2 Å². The molecule has 0 atom stereocenters. The minimum absolute atomic E-state index is 0.0208. The highest BCUT2D eigenvalue weighted by Gasteiger charge is 2.19. The third-order valence-corrected chi connectivity index (χ3v) is 5.23. The van der Waals surface area contributed by atoms with Crippen molar-refractivity contribution in [2.45, 2.75) is 37.2 Å². The van der Waals surface area contributed by atoms with E-state index in [0.29, 0.717) is 21.7 Å². The fourth-order valence-corrected chi connectivity index (χ4v) is 3.62. The van der Waals surface area contributed by atoms with Crippen molar-refractivity contribution in [1.82, 2.24) is 10.2 Å². The van der Waals surface area contributed by atoms with Gasteiger partial charge in [-0.2, -0.15) is 0 Å². The van der Waals surface area contributed by atoms with Crippen LogP contribution in [0.2, 0.25) is 5.02 Å². The fraction of sp³-hybridized carbons (Fsp3) is 0.263. The molecular weight excluding hydrogens is 386 g/mol. The highest BCUT2D eigenvalue weighted by Crippen LogP contribution is 2.33. The van der Waals surface area contributed by atoms with Gasteiger partial charge in [-0.15, -0.1) is 10.2 Å². The van der Waals surface area contributed by atoms with Crippen molar-refractivity contribution in [3.05, 3.63) is 68.7 Å². The van der Waals surface area contributed by atoms with Gasteiger partial charge in [0.15, 0.2) is 0 Å². The van der Waals surface area contributed by atoms with E-state index in [-0.39, 0.29) is 16.9 Å². The highest BCUT2D eigenvalue weighted by atomic mass is 35.5. The molecule has 0 fully saturated rings. The topological polar surface area (TPSA) is 82.1 Å². The molecule has 0 aliphatic rings. The van der Waals surface area contributed by atoms with Crippen molar-refractivity contribution in [3.63, 3.8) is 0 Å². The number of thioether (sulfide) groups is 1. The number of benzene rings is 2. The zero-order valence-corrected chi connectivity index (χ0v) is 16.7. The summed E-state index contributed by atoms with van der Waals surface area (Å²) in [4.78, 5) is 10.7. The van der Waals surface area contributed by atoms with Crippen LogP contribution in [0.4, 0.5) is 5.69 Å². The summed E-state index contributed by atoms with van der Waals surface area (Å²) in [6, 6.07) is 12.6. The van der Waals surface area contributed by atoms with Gasteiger partial charge >= 0.3 is 0 Å². The normalized spacial score (nSPS) is 11.6. The van der Waals surface area contributed by atoms with Crippen LogP contribution in [-0.2, 0) is 11.2 Å². The molecule has 0 saturated heterocycles. The van der Waals surface area contributed by atoms with Gasteiger partial charge in [-0.3, -0.25) is 10.1 Å². The largest absolute Gasteiger partial charge is 0.411 e. The van der Waals surface area contributed by atoms with E-state index in [1.54, 1.807) is 12.1 Å². The summed E-state index contributed by atoms with van der Waals surface area (Å²) in [5, 5.41) is 19.9. The van der Waals surface area contributed by atoms with E-state index in [4.69, 9.17) is 16.0 Å². The molecule has 8 heteroatoms. The summed E-state index contributed by atoms with van der Waals surface area (Å²) in [6.45, 7) is 6.45. The average Bonchev–Trinajstić information content (AvgIpc) is 3.08. The van der Waals surface area contributed by atoms with Crippen LogP contribution >= 0.6 is 23.4 Å². The Bertz CT molecular complexity index is 965. The third kappa shape index (κ3) is 4.48. The number of hydrogen-bond donors (Lipinski definition) is 0. The van der Waals surface area contributed by atoms with Gasteiger partial charge in [0.2, 0.25) is 5.89 Å². The lowest BCUT2D eigenvalue weighted by Crippen LogP contribution is -2.10. The average molecular weight is 404 g/mol. The lowest BCUT2D eigenvalue weighted by Gasteiger charge is -2.18. The van der Waals surface area contributed by atoms with Gasteiger partial charge in [-0.25, -0.2) is 0 Å². The number of nitro groups is 1. The Labute approximate surface area is 166 Å². The van der Waals surface area contributed by atoms with Crippen LogP contribution in [-0.4, -0.2) is 15.1 Å². The molecule has 27 heavy (non-hydrogen) atoms. The molecule has 0 radical (unpaired) electrons. The van der Waals surface area contributed by atoms with Gasteiger partial charge < -0.3 is 4.42 Å². The highest BCUT2D eigenvalue weighted by molar-refractivity contribution is 7.98. The SMILES string of the molecule is CC(C)(C)c1ccc(-c2nnc(SCc3c(Cl)cccc3[N+](=O)[O-])o2)cc1. The smallest absolute Gasteiger partial charge is 0.277 e. The van der Waals surface area contributed by atoms with E-state index in [9.17, 15) is 10.1 Å². The summed E-state index contributed by atoms with van der Waals surface area (Å²) in [7, 11) is 0. The Balaban J connectivity index is 1.75. The van der Waals surface area contributed by atoms with Gasteiger partial charge in [0.05, 0.1) is 15.5 Å². The van der Waals surface area contributed by atoms with Gasteiger partial charge in [-0.1, -0.05) is 62.3 Å². The van der Waals surface area contributed by atoms with E-state index in [0.717, 1.165) is 5.56 Å². The Kier molecular flexibility index (Phi) is 5.53. The Morgan fingerprint density at radius 1 is 1.15 bits per heavy atom. The van der Waals surface area contributed by atoms with Crippen molar-refractivity contribution in [1.29, 1.82) is 0 Å². The van der Waals surface area contributed by atoms with E-state index in [1.807, 2.05) is 24.3 Å². The molecular formula is C19H18ClN3O3S. The minimum atomic E-state index is -0.447. The second-order valence-corrected chi connectivity index (χ2v) is 8.32. The van der Waals surface area contributed by atoms with Crippen LogP contribution < -0.4 is 0 Å². The van der Waals surface area contributed by atoms with Crippen LogP contribution in [0.3, 0.4) is 0 Å². The van der Waals surface area contributed by atoms with Crippen LogP contribution in [0, 0.1) is 10.1 Å². The summed E-state index contributed by atoms with van der Waals surface area (Å²) < 4.78 is 5.68. The fourth-order valence-electron chi connectivity index (χ4n) is 2.49. The summed E-state index contributed by atoms with van der Waals surface area (Å²) in [5.74, 6) is 0.673. The summed E-state index contributed by atoms with van der Waals surface area (Å²) >= 11 is 7.32. The van der Waals surface area contributed by atoms with Gasteiger partial charge in [0.25, 0.3) is 10.9 Å². The third-order valence-electron chi connectivity index (χ3n) is 4.04. The molecule has 3 rings (SSSR count). The van der Waals surface area contributed by atoms with E-state index >= 15 is 0 Å². The maximum absolute atomic E-state index is 11.2. The molecule has 140 valence electrons. The zero-order chi connectivity index (χ0) is 19.6. The molecule has 6 nitrogen and oxygen atoms in total. The molecule has 1 heterocycles. The zero-order valence-electron chi connectivity index (χ0n) is 15.1. The first-order valence-corrected chi connectivity index (χ1v) is 9.61. The summed E-state index contributed by atoms with van der Waals surface area (Å²) in [6.07, 6.45) is 0. The molecule has 0 amide bonds. The van der Waals surface area contributed by atoms with Crippen LogP contribution in [0.15, 0.2) is 52.1 Å². The molecule has 0 spiro atoms. The molecule has 0 aliphatic carbocycles. The number of nitro benzene ring substituents is 1. The molecule has 2 aromatic carbocycles. The van der Waals surface area contributed by atoms with Crippen molar-refractivity contribution >= 4 is 29.1 Å². The Hall–Kier alpha value is -2.38. The number of aromatic nitrogens is 2. The lowest BCUT2D eigenvalue weighted by molar-refractivity contribution is -0.385. The second kappa shape index (κ2) is 7.70. The Morgan fingerprint density at radius 2 is 1.85 bits per heavy atom. The van der Waals surface area contributed by atoms with E-state index < -0.39 is 4.92 Å². The van der Waals surface area contributed by atoms with Crippen molar-refractivity contribution in [2.24, 2.45) is 0 Å². The molecule has 0 unspecified atom stereocenters. The van der Waals surface area contributed by atoms with E-state index in [2.05, 4.69) is 31.0 Å². The monoisotopic (exact) mass is 403 g/mol. The molecule has 1 aromatic heterocycles.